The third-order valence-corrected chi connectivity index (χ3v) is 4.88. The molecule has 2 amide bonds. The molecule has 1 aromatic heterocycles. The molecule has 0 spiro atoms. The molecule has 8 heteroatoms. The zero-order valence-electron chi connectivity index (χ0n) is 15.9. The summed E-state index contributed by atoms with van der Waals surface area (Å²) in [5, 5.41) is 7.37. The number of amides is 2. The van der Waals surface area contributed by atoms with Gasteiger partial charge >= 0.3 is 6.09 Å². The van der Waals surface area contributed by atoms with Crippen molar-refractivity contribution in [1.29, 1.82) is 0 Å². The molecule has 0 fully saturated rings. The van der Waals surface area contributed by atoms with Crippen LogP contribution in [0.2, 0.25) is 0 Å². The molecule has 1 aliphatic rings. The van der Waals surface area contributed by atoms with E-state index < -0.39 is 5.60 Å². The van der Waals surface area contributed by atoms with Crippen LogP contribution in [0.15, 0.2) is 28.7 Å². The molecule has 1 aliphatic heterocycles. The van der Waals surface area contributed by atoms with Crippen LogP contribution in [0, 0.1) is 0 Å². The standard InChI is InChI=1S/C19H23BrN4O3/c1-19(2,3)27-18(26)24-10-9-14-12(11-24)16(23(4)22-14)17(25)21-15-8-6-5-7-13(15)20/h5-8H,9-11H2,1-4H3,(H,21,25). The molecule has 144 valence electrons. The van der Waals surface area contributed by atoms with Crippen LogP contribution in [-0.2, 0) is 24.8 Å². The topological polar surface area (TPSA) is 76.5 Å². The van der Waals surface area contributed by atoms with Gasteiger partial charge in [-0.15, -0.1) is 0 Å². The van der Waals surface area contributed by atoms with Gasteiger partial charge in [0.1, 0.15) is 11.3 Å². The molecule has 3 rings (SSSR count). The van der Waals surface area contributed by atoms with Crippen molar-refractivity contribution < 1.29 is 14.3 Å². The molecular formula is C19H23BrN4O3. The maximum atomic E-state index is 12.9. The summed E-state index contributed by atoms with van der Waals surface area (Å²) in [6.45, 7) is 6.32. The fourth-order valence-corrected chi connectivity index (χ4v) is 3.40. The smallest absolute Gasteiger partial charge is 0.410 e. The normalized spacial score (nSPS) is 13.9. The van der Waals surface area contributed by atoms with E-state index in [2.05, 4.69) is 26.3 Å². The van der Waals surface area contributed by atoms with Gasteiger partial charge in [0.05, 0.1) is 17.9 Å². The Bertz CT molecular complexity index is 886. The molecule has 0 unspecified atom stereocenters. The van der Waals surface area contributed by atoms with Crippen molar-refractivity contribution >= 4 is 33.6 Å². The average Bonchev–Trinajstić information content (AvgIpc) is 2.90. The largest absolute Gasteiger partial charge is 0.444 e. The zero-order valence-corrected chi connectivity index (χ0v) is 17.5. The predicted molar refractivity (Wildman–Crippen MR) is 106 cm³/mol. The minimum atomic E-state index is -0.563. The Morgan fingerprint density at radius 3 is 2.63 bits per heavy atom. The van der Waals surface area contributed by atoms with Crippen LogP contribution in [-0.4, -0.2) is 38.8 Å². The van der Waals surface area contributed by atoms with Gasteiger partial charge in [0.25, 0.3) is 5.91 Å². The zero-order chi connectivity index (χ0) is 19.8. The van der Waals surface area contributed by atoms with Gasteiger partial charge in [-0.1, -0.05) is 12.1 Å². The van der Waals surface area contributed by atoms with E-state index in [4.69, 9.17) is 4.74 Å². The molecular weight excluding hydrogens is 412 g/mol. The summed E-state index contributed by atoms with van der Waals surface area (Å²) in [5.41, 5.74) is 2.17. The number of benzene rings is 1. The number of rotatable bonds is 2. The molecule has 0 saturated heterocycles. The quantitative estimate of drug-likeness (QED) is 0.780. The lowest BCUT2D eigenvalue weighted by atomic mass is 10.1. The number of aryl methyl sites for hydroxylation is 1. The first kappa shape index (κ1) is 19.4. The predicted octanol–water partition coefficient (Wildman–Crippen LogP) is 3.73. The molecule has 1 aromatic carbocycles. The number of hydrogen-bond donors (Lipinski definition) is 1. The Kier molecular flexibility index (Phi) is 5.28. The fourth-order valence-electron chi connectivity index (χ4n) is 3.01. The molecule has 0 saturated carbocycles. The second-order valence-electron chi connectivity index (χ2n) is 7.48. The summed E-state index contributed by atoms with van der Waals surface area (Å²) in [7, 11) is 1.74. The van der Waals surface area contributed by atoms with Crippen LogP contribution >= 0.6 is 15.9 Å². The van der Waals surface area contributed by atoms with E-state index in [0.29, 0.717) is 30.9 Å². The Morgan fingerprint density at radius 1 is 1.26 bits per heavy atom. The summed E-state index contributed by atoms with van der Waals surface area (Å²) in [6, 6.07) is 7.41. The third kappa shape index (κ3) is 4.32. The van der Waals surface area contributed by atoms with Crippen molar-refractivity contribution in [2.75, 3.05) is 11.9 Å². The molecule has 1 N–H and O–H groups in total. The van der Waals surface area contributed by atoms with E-state index in [-0.39, 0.29) is 12.0 Å². The summed E-state index contributed by atoms with van der Waals surface area (Å²) >= 11 is 3.43. The van der Waals surface area contributed by atoms with Gasteiger partial charge in [-0.3, -0.25) is 9.48 Å². The van der Waals surface area contributed by atoms with E-state index in [1.165, 1.54) is 0 Å². The van der Waals surface area contributed by atoms with Crippen molar-refractivity contribution in [2.24, 2.45) is 7.05 Å². The summed E-state index contributed by atoms with van der Waals surface area (Å²) < 4.78 is 7.84. The Balaban J connectivity index is 1.83. The lowest BCUT2D eigenvalue weighted by Crippen LogP contribution is -2.40. The van der Waals surface area contributed by atoms with Gasteiger partial charge in [0.15, 0.2) is 0 Å². The number of fused-ring (bicyclic) bond motifs is 1. The van der Waals surface area contributed by atoms with Crippen molar-refractivity contribution in [3.05, 3.63) is 45.7 Å². The monoisotopic (exact) mass is 434 g/mol. The number of carbonyl (C=O) groups is 2. The summed E-state index contributed by atoms with van der Waals surface area (Å²) in [4.78, 5) is 26.9. The first-order valence-corrected chi connectivity index (χ1v) is 9.53. The number of halogens is 1. The van der Waals surface area contributed by atoms with Gasteiger partial charge in [-0.2, -0.15) is 5.10 Å². The molecule has 27 heavy (non-hydrogen) atoms. The van der Waals surface area contributed by atoms with E-state index in [1.807, 2.05) is 45.0 Å². The molecule has 0 radical (unpaired) electrons. The maximum Gasteiger partial charge on any atom is 0.410 e. The number of ether oxygens (including phenoxy) is 1. The van der Waals surface area contributed by atoms with Crippen molar-refractivity contribution in [1.82, 2.24) is 14.7 Å². The summed E-state index contributed by atoms with van der Waals surface area (Å²) in [5.74, 6) is -0.260. The van der Waals surface area contributed by atoms with Crippen molar-refractivity contribution in [3.8, 4) is 0 Å². The van der Waals surface area contributed by atoms with Crippen molar-refractivity contribution in [3.63, 3.8) is 0 Å². The highest BCUT2D eigenvalue weighted by Crippen LogP contribution is 2.26. The highest BCUT2D eigenvalue weighted by Gasteiger charge is 2.31. The lowest BCUT2D eigenvalue weighted by Gasteiger charge is -2.29. The lowest BCUT2D eigenvalue weighted by molar-refractivity contribution is 0.0222. The van der Waals surface area contributed by atoms with Gasteiger partial charge in [-0.25, -0.2) is 4.79 Å². The highest BCUT2D eigenvalue weighted by atomic mass is 79.9. The van der Waals surface area contributed by atoms with Crippen LogP contribution in [0.4, 0.5) is 10.5 Å². The van der Waals surface area contributed by atoms with Crippen molar-refractivity contribution in [2.45, 2.75) is 39.3 Å². The SMILES string of the molecule is Cn1nc2c(c1C(=O)Nc1ccccc1Br)CN(C(=O)OC(C)(C)C)CC2. The second kappa shape index (κ2) is 7.34. The Labute approximate surface area is 166 Å². The Morgan fingerprint density at radius 2 is 1.96 bits per heavy atom. The number of nitrogens with one attached hydrogen (secondary N) is 1. The van der Waals surface area contributed by atoms with Crippen LogP contribution in [0.5, 0.6) is 0 Å². The molecule has 0 atom stereocenters. The number of hydrogen-bond acceptors (Lipinski definition) is 4. The molecule has 0 bridgehead atoms. The molecule has 7 nitrogen and oxygen atoms in total. The van der Waals surface area contributed by atoms with E-state index in [0.717, 1.165) is 15.7 Å². The number of aromatic nitrogens is 2. The number of para-hydroxylation sites is 1. The van der Waals surface area contributed by atoms with E-state index >= 15 is 0 Å². The molecule has 2 heterocycles. The van der Waals surface area contributed by atoms with Gasteiger partial charge in [-0.05, 0) is 48.8 Å². The highest BCUT2D eigenvalue weighted by molar-refractivity contribution is 9.10. The number of anilines is 1. The maximum absolute atomic E-state index is 12.9. The minimum Gasteiger partial charge on any atom is -0.444 e. The third-order valence-electron chi connectivity index (χ3n) is 4.18. The van der Waals surface area contributed by atoms with Gasteiger partial charge < -0.3 is 15.0 Å². The Hall–Kier alpha value is -2.35. The van der Waals surface area contributed by atoms with Gasteiger partial charge in [0.2, 0.25) is 0 Å². The second-order valence-corrected chi connectivity index (χ2v) is 8.34. The number of carbonyl (C=O) groups excluding carboxylic acids is 2. The number of nitrogens with zero attached hydrogens (tertiary/aromatic N) is 3. The van der Waals surface area contributed by atoms with Crippen LogP contribution in [0.1, 0.15) is 42.5 Å². The first-order valence-electron chi connectivity index (χ1n) is 8.74. The van der Waals surface area contributed by atoms with Crippen LogP contribution < -0.4 is 5.32 Å². The van der Waals surface area contributed by atoms with Crippen LogP contribution in [0.25, 0.3) is 0 Å². The van der Waals surface area contributed by atoms with E-state index in [1.54, 1.807) is 16.6 Å². The first-order chi connectivity index (χ1) is 12.7. The average molecular weight is 435 g/mol. The fraction of sp³-hybridized carbons (Fsp3) is 0.421. The van der Waals surface area contributed by atoms with Crippen LogP contribution in [0.3, 0.4) is 0 Å². The van der Waals surface area contributed by atoms with Gasteiger partial charge in [0, 0.05) is 30.0 Å². The minimum absolute atomic E-state index is 0.260. The summed E-state index contributed by atoms with van der Waals surface area (Å²) in [6.07, 6.45) is 0.208. The van der Waals surface area contributed by atoms with E-state index in [9.17, 15) is 9.59 Å². The molecule has 0 aliphatic carbocycles. The molecule has 2 aromatic rings.